The lowest BCUT2D eigenvalue weighted by molar-refractivity contribution is 1.23. The fraction of sp³-hybridized carbons (Fsp3) is 0.300. The van der Waals surface area contributed by atoms with Crippen LogP contribution in [0.15, 0.2) is 54.6 Å². The van der Waals surface area contributed by atoms with E-state index in [1.165, 1.54) is 22.3 Å². The highest BCUT2D eigenvalue weighted by molar-refractivity contribution is 5.68. The quantitative estimate of drug-likeness (QED) is 0.563. The lowest BCUT2D eigenvalue weighted by Gasteiger charge is -2.06. The van der Waals surface area contributed by atoms with Crippen molar-refractivity contribution >= 4 is 6.08 Å². The Balaban J connectivity index is 0. The number of benzene rings is 2. The first kappa shape index (κ1) is 20.5. The van der Waals surface area contributed by atoms with Crippen molar-refractivity contribution in [3.63, 3.8) is 0 Å². The van der Waals surface area contributed by atoms with Gasteiger partial charge in [-0.15, -0.1) is 0 Å². The maximum absolute atomic E-state index is 2.26. The molecule has 0 fully saturated rings. The number of allylic oxidation sites excluding steroid dienone is 1. The molecular formula is C20H30. The molecule has 20 heavy (non-hydrogen) atoms. The highest BCUT2D eigenvalue weighted by Gasteiger charge is 1.99. The zero-order chi connectivity index (χ0) is 12.1. The maximum atomic E-state index is 2.26. The second-order valence-electron chi connectivity index (χ2n) is 4.25. The zero-order valence-corrected chi connectivity index (χ0v) is 10.5. The molecule has 110 valence electrons. The van der Waals surface area contributed by atoms with E-state index in [4.69, 9.17) is 0 Å². The van der Waals surface area contributed by atoms with Gasteiger partial charge in [0.1, 0.15) is 0 Å². The smallest absolute Gasteiger partial charge is 0.0178 e. The SMILES string of the molecule is C.C.C.CC/C=C\c1cc(-c2ccccc2)ccc1C. The summed E-state index contributed by atoms with van der Waals surface area (Å²) >= 11 is 0. The predicted octanol–water partition coefficient (Wildman–Crippen LogP) is 6.99. The molecule has 0 heterocycles. The van der Waals surface area contributed by atoms with Crippen LogP contribution in [-0.4, -0.2) is 0 Å². The van der Waals surface area contributed by atoms with Crippen LogP contribution in [0.3, 0.4) is 0 Å². The molecule has 0 saturated carbocycles. The minimum atomic E-state index is 0. The van der Waals surface area contributed by atoms with Crippen molar-refractivity contribution in [1.29, 1.82) is 0 Å². The molecule has 0 aliphatic heterocycles. The van der Waals surface area contributed by atoms with Crippen molar-refractivity contribution in [2.45, 2.75) is 42.5 Å². The molecule has 0 radical (unpaired) electrons. The van der Waals surface area contributed by atoms with E-state index in [0.717, 1.165) is 6.42 Å². The van der Waals surface area contributed by atoms with E-state index < -0.39 is 0 Å². The average molecular weight is 270 g/mol. The van der Waals surface area contributed by atoms with Gasteiger partial charge < -0.3 is 0 Å². The summed E-state index contributed by atoms with van der Waals surface area (Å²) in [5.41, 5.74) is 5.20. The van der Waals surface area contributed by atoms with Crippen LogP contribution < -0.4 is 0 Å². The van der Waals surface area contributed by atoms with Crippen LogP contribution in [0, 0.1) is 6.92 Å². The highest BCUT2D eigenvalue weighted by atomic mass is 14.0. The molecule has 0 amide bonds. The molecule has 0 unspecified atom stereocenters. The van der Waals surface area contributed by atoms with Crippen LogP contribution in [0.2, 0.25) is 0 Å². The fourth-order valence-corrected chi connectivity index (χ4v) is 1.88. The Labute approximate surface area is 126 Å². The van der Waals surface area contributed by atoms with Crippen LogP contribution in [0.25, 0.3) is 17.2 Å². The van der Waals surface area contributed by atoms with Gasteiger partial charge in [0.25, 0.3) is 0 Å². The molecule has 0 atom stereocenters. The standard InChI is InChI=1S/C17H18.3CH4/c1-3-4-8-16-13-17(12-11-14(16)2)15-9-6-5-7-10-15;;;/h4-13H,3H2,1-2H3;3*1H4/b8-4-;;;. The molecule has 2 aromatic carbocycles. The molecule has 0 aliphatic rings. The Morgan fingerprint density at radius 3 is 2.10 bits per heavy atom. The average Bonchev–Trinajstić information content (AvgIpc) is 2.39. The Kier molecular flexibility index (Phi) is 10.3. The Morgan fingerprint density at radius 1 is 0.850 bits per heavy atom. The van der Waals surface area contributed by atoms with Gasteiger partial charge in [0.15, 0.2) is 0 Å². The van der Waals surface area contributed by atoms with Crippen LogP contribution in [-0.2, 0) is 0 Å². The van der Waals surface area contributed by atoms with Crippen LogP contribution >= 0.6 is 0 Å². The topological polar surface area (TPSA) is 0 Å². The van der Waals surface area contributed by atoms with Gasteiger partial charge in [-0.1, -0.05) is 83.8 Å². The van der Waals surface area contributed by atoms with Crippen molar-refractivity contribution in [1.82, 2.24) is 0 Å². The van der Waals surface area contributed by atoms with E-state index in [-0.39, 0.29) is 22.3 Å². The summed E-state index contributed by atoms with van der Waals surface area (Å²) in [6, 6.07) is 17.2. The maximum Gasteiger partial charge on any atom is -0.0178 e. The minimum Gasteiger partial charge on any atom is -0.0842 e. The minimum absolute atomic E-state index is 0. The predicted molar refractivity (Wildman–Crippen MR) is 96.1 cm³/mol. The largest absolute Gasteiger partial charge is 0.0842 e. The Hall–Kier alpha value is -1.82. The van der Waals surface area contributed by atoms with Crippen molar-refractivity contribution in [3.8, 4) is 11.1 Å². The summed E-state index contributed by atoms with van der Waals surface area (Å²) in [7, 11) is 0. The number of aryl methyl sites for hydroxylation is 1. The van der Waals surface area contributed by atoms with Crippen LogP contribution in [0.5, 0.6) is 0 Å². The molecule has 2 aromatic rings. The molecule has 0 aromatic heterocycles. The van der Waals surface area contributed by atoms with E-state index in [2.05, 4.69) is 74.5 Å². The normalized spacial score (nSPS) is 9.30. The van der Waals surface area contributed by atoms with Gasteiger partial charge in [-0.2, -0.15) is 0 Å². The van der Waals surface area contributed by atoms with Gasteiger partial charge in [0.2, 0.25) is 0 Å². The number of hydrogen-bond donors (Lipinski definition) is 0. The fourth-order valence-electron chi connectivity index (χ4n) is 1.88. The molecule has 0 bridgehead atoms. The Bertz CT molecular complexity index is 507. The summed E-state index contributed by atoms with van der Waals surface area (Å²) in [6.07, 6.45) is 5.49. The molecule has 0 N–H and O–H groups in total. The van der Waals surface area contributed by atoms with Gasteiger partial charge in [-0.3, -0.25) is 0 Å². The number of hydrogen-bond acceptors (Lipinski definition) is 0. The van der Waals surface area contributed by atoms with Crippen LogP contribution in [0.1, 0.15) is 46.8 Å². The summed E-state index contributed by atoms with van der Waals surface area (Å²) in [5, 5.41) is 0. The lowest BCUT2D eigenvalue weighted by atomic mass is 9.99. The summed E-state index contributed by atoms with van der Waals surface area (Å²) in [4.78, 5) is 0. The third-order valence-corrected chi connectivity index (χ3v) is 2.92. The molecule has 0 aliphatic carbocycles. The third-order valence-electron chi connectivity index (χ3n) is 2.92. The van der Waals surface area contributed by atoms with E-state index in [9.17, 15) is 0 Å². The van der Waals surface area contributed by atoms with Crippen molar-refractivity contribution < 1.29 is 0 Å². The molecular weight excluding hydrogens is 240 g/mol. The highest BCUT2D eigenvalue weighted by Crippen LogP contribution is 2.23. The second kappa shape index (κ2) is 10.0. The first-order valence-electron chi connectivity index (χ1n) is 6.14. The monoisotopic (exact) mass is 270 g/mol. The van der Waals surface area contributed by atoms with E-state index in [1.807, 2.05) is 0 Å². The first-order chi connectivity index (χ1) is 8.31. The van der Waals surface area contributed by atoms with Gasteiger partial charge in [-0.25, -0.2) is 0 Å². The molecule has 0 spiro atoms. The third kappa shape index (κ3) is 5.05. The van der Waals surface area contributed by atoms with Crippen LogP contribution in [0.4, 0.5) is 0 Å². The summed E-state index contributed by atoms with van der Waals surface area (Å²) < 4.78 is 0. The van der Waals surface area contributed by atoms with E-state index in [0.29, 0.717) is 0 Å². The molecule has 0 heteroatoms. The van der Waals surface area contributed by atoms with Gasteiger partial charge >= 0.3 is 0 Å². The molecule has 0 nitrogen and oxygen atoms in total. The molecule has 2 rings (SSSR count). The van der Waals surface area contributed by atoms with E-state index >= 15 is 0 Å². The van der Waals surface area contributed by atoms with Gasteiger partial charge in [-0.05, 0) is 41.7 Å². The first-order valence-corrected chi connectivity index (χ1v) is 6.14. The van der Waals surface area contributed by atoms with Gasteiger partial charge in [0.05, 0.1) is 0 Å². The lowest BCUT2D eigenvalue weighted by Crippen LogP contribution is -1.83. The zero-order valence-electron chi connectivity index (χ0n) is 10.5. The summed E-state index contributed by atoms with van der Waals surface area (Å²) in [6.45, 7) is 4.32. The van der Waals surface area contributed by atoms with Gasteiger partial charge in [0, 0.05) is 0 Å². The molecule has 0 saturated heterocycles. The van der Waals surface area contributed by atoms with E-state index in [1.54, 1.807) is 0 Å². The van der Waals surface area contributed by atoms with Crippen molar-refractivity contribution in [2.75, 3.05) is 0 Å². The van der Waals surface area contributed by atoms with Crippen molar-refractivity contribution in [2.24, 2.45) is 0 Å². The Morgan fingerprint density at radius 2 is 1.50 bits per heavy atom. The number of rotatable bonds is 3. The summed E-state index contributed by atoms with van der Waals surface area (Å²) in [5.74, 6) is 0. The second-order valence-corrected chi connectivity index (χ2v) is 4.25. The van der Waals surface area contributed by atoms with Crippen molar-refractivity contribution in [3.05, 3.63) is 65.7 Å².